The van der Waals surface area contributed by atoms with Crippen LogP contribution >= 0.6 is 0 Å². The summed E-state index contributed by atoms with van der Waals surface area (Å²) in [6.45, 7) is 2.02. The van der Waals surface area contributed by atoms with Crippen LogP contribution in [0.2, 0.25) is 0 Å². The molecule has 3 aromatic rings. The fraction of sp³-hybridized carbons (Fsp3) is 0.400. The van der Waals surface area contributed by atoms with Crippen LogP contribution in [0.15, 0.2) is 36.8 Å². The number of nitrogens with one attached hydrogen (secondary N) is 1. The minimum absolute atomic E-state index is 0.134. The van der Waals surface area contributed by atoms with Gasteiger partial charge in [0.1, 0.15) is 5.82 Å². The van der Waals surface area contributed by atoms with Crippen molar-refractivity contribution in [3.8, 4) is 11.3 Å². The normalized spacial score (nSPS) is 15.7. The summed E-state index contributed by atoms with van der Waals surface area (Å²) in [6, 6.07) is 5.87. The Morgan fingerprint density at radius 2 is 2.00 bits per heavy atom. The Bertz CT molecular complexity index is 991. The number of aromatic nitrogens is 4. The second kappa shape index (κ2) is 7.55. The number of pyridine rings is 2. The van der Waals surface area contributed by atoms with Crippen molar-refractivity contribution >= 4 is 22.8 Å². The van der Waals surface area contributed by atoms with Crippen molar-refractivity contribution in [2.45, 2.75) is 18.9 Å². The number of anilines is 1. The maximum Gasteiger partial charge on any atom is 0.323 e. The molecule has 3 aromatic heterocycles. The molecule has 1 saturated heterocycles. The first-order valence-electron chi connectivity index (χ1n) is 9.48. The lowest BCUT2D eigenvalue weighted by Gasteiger charge is -2.34. The van der Waals surface area contributed by atoms with E-state index in [1.165, 1.54) is 0 Å². The fourth-order valence-electron chi connectivity index (χ4n) is 3.54. The lowest BCUT2D eigenvalue weighted by molar-refractivity contribution is 0.156. The molecular weight excluding hydrogens is 354 g/mol. The van der Waals surface area contributed by atoms with E-state index < -0.39 is 0 Å². The monoisotopic (exact) mass is 379 g/mol. The van der Waals surface area contributed by atoms with Crippen molar-refractivity contribution in [3.05, 3.63) is 36.8 Å². The van der Waals surface area contributed by atoms with E-state index in [1.54, 1.807) is 22.0 Å². The second-order valence-corrected chi connectivity index (χ2v) is 7.44. The molecule has 0 radical (unpaired) electrons. The molecule has 1 N–H and O–H groups in total. The Kier molecular flexibility index (Phi) is 4.95. The van der Waals surface area contributed by atoms with Gasteiger partial charge < -0.3 is 9.80 Å². The van der Waals surface area contributed by atoms with Gasteiger partial charge in [-0.15, -0.1) is 0 Å². The molecule has 4 heterocycles. The van der Waals surface area contributed by atoms with Gasteiger partial charge in [-0.3, -0.25) is 10.00 Å². The van der Waals surface area contributed by atoms with E-state index in [1.807, 2.05) is 38.5 Å². The summed E-state index contributed by atoms with van der Waals surface area (Å²) < 4.78 is 1.75. The van der Waals surface area contributed by atoms with Crippen LogP contribution < -0.4 is 5.32 Å². The summed E-state index contributed by atoms with van der Waals surface area (Å²) in [6.07, 6.45) is 7.42. The number of nitrogens with zero attached hydrogens (tertiary/aromatic N) is 6. The number of aryl methyl sites for hydroxylation is 1. The summed E-state index contributed by atoms with van der Waals surface area (Å²) in [5.41, 5.74) is 2.58. The fourth-order valence-corrected chi connectivity index (χ4v) is 3.54. The van der Waals surface area contributed by atoms with Gasteiger partial charge >= 0.3 is 6.03 Å². The summed E-state index contributed by atoms with van der Waals surface area (Å²) >= 11 is 0. The molecule has 0 unspecified atom stereocenters. The third kappa shape index (κ3) is 3.82. The van der Waals surface area contributed by atoms with Crippen LogP contribution in [0.4, 0.5) is 10.6 Å². The van der Waals surface area contributed by atoms with Crippen molar-refractivity contribution in [2.24, 2.45) is 7.05 Å². The predicted molar refractivity (Wildman–Crippen MR) is 109 cm³/mol. The number of amides is 2. The van der Waals surface area contributed by atoms with Crippen LogP contribution in [-0.2, 0) is 7.05 Å². The summed E-state index contributed by atoms with van der Waals surface area (Å²) in [4.78, 5) is 25.8. The van der Waals surface area contributed by atoms with Crippen molar-refractivity contribution in [2.75, 3.05) is 32.5 Å². The Morgan fingerprint density at radius 3 is 2.71 bits per heavy atom. The molecule has 0 saturated carbocycles. The molecule has 1 aliphatic heterocycles. The first-order chi connectivity index (χ1) is 13.5. The first kappa shape index (κ1) is 18.4. The zero-order valence-corrected chi connectivity index (χ0v) is 16.5. The van der Waals surface area contributed by atoms with Gasteiger partial charge in [-0.25, -0.2) is 14.8 Å². The Balaban J connectivity index is 1.51. The minimum atomic E-state index is -0.134. The third-order valence-electron chi connectivity index (χ3n) is 5.37. The van der Waals surface area contributed by atoms with Crippen LogP contribution in [0.3, 0.4) is 0 Å². The molecule has 28 heavy (non-hydrogen) atoms. The number of likely N-dealkylation sites (tertiary alicyclic amines) is 1. The zero-order valence-electron chi connectivity index (χ0n) is 16.5. The maximum atomic E-state index is 12.7. The van der Waals surface area contributed by atoms with Crippen LogP contribution in [0, 0.1) is 0 Å². The third-order valence-corrected chi connectivity index (χ3v) is 5.37. The summed E-state index contributed by atoms with van der Waals surface area (Å²) in [5, 5.41) is 8.03. The van der Waals surface area contributed by atoms with E-state index in [2.05, 4.69) is 27.3 Å². The largest absolute Gasteiger partial charge is 0.324 e. The van der Waals surface area contributed by atoms with Gasteiger partial charge in [-0.2, -0.15) is 5.10 Å². The van der Waals surface area contributed by atoms with E-state index in [-0.39, 0.29) is 12.1 Å². The van der Waals surface area contributed by atoms with Crippen LogP contribution in [0.1, 0.15) is 12.8 Å². The highest BCUT2D eigenvalue weighted by atomic mass is 16.2. The predicted octanol–water partition coefficient (Wildman–Crippen LogP) is 2.59. The highest BCUT2D eigenvalue weighted by molar-refractivity contribution is 5.91. The maximum absolute atomic E-state index is 12.7. The van der Waals surface area contributed by atoms with E-state index in [9.17, 15) is 4.79 Å². The highest BCUT2D eigenvalue weighted by Crippen LogP contribution is 2.22. The van der Waals surface area contributed by atoms with Crippen LogP contribution in [0.25, 0.3) is 22.2 Å². The smallest absolute Gasteiger partial charge is 0.323 e. The number of hydrogen-bond donors (Lipinski definition) is 1. The SMILES string of the molecule is CN1CCC(N(C)C(=O)Nc2cc3nc(-c4cnn(C)c4)ccc3cn2)CC1. The molecule has 0 spiro atoms. The van der Waals surface area contributed by atoms with Gasteiger partial charge in [0.25, 0.3) is 0 Å². The number of fused-ring (bicyclic) bond motifs is 1. The number of carbonyl (C=O) groups is 1. The molecule has 0 aromatic carbocycles. The van der Waals surface area contributed by atoms with Gasteiger partial charge in [-0.05, 0) is 45.1 Å². The summed E-state index contributed by atoms with van der Waals surface area (Å²) in [7, 11) is 5.84. The van der Waals surface area contributed by atoms with E-state index in [0.717, 1.165) is 48.1 Å². The van der Waals surface area contributed by atoms with Crippen molar-refractivity contribution < 1.29 is 4.79 Å². The molecule has 146 valence electrons. The number of urea groups is 1. The Hall–Kier alpha value is -3.00. The molecule has 0 bridgehead atoms. The summed E-state index contributed by atoms with van der Waals surface area (Å²) in [5.74, 6) is 0.508. The van der Waals surface area contributed by atoms with Crippen molar-refractivity contribution in [1.29, 1.82) is 0 Å². The molecule has 8 nitrogen and oxygen atoms in total. The Labute approximate surface area is 164 Å². The molecule has 0 aliphatic carbocycles. The highest BCUT2D eigenvalue weighted by Gasteiger charge is 2.24. The van der Waals surface area contributed by atoms with Crippen LogP contribution in [-0.4, -0.2) is 68.8 Å². The first-order valence-corrected chi connectivity index (χ1v) is 9.48. The number of piperidine rings is 1. The van der Waals surface area contributed by atoms with E-state index in [0.29, 0.717) is 5.82 Å². The topological polar surface area (TPSA) is 79.2 Å². The molecule has 2 amide bonds. The van der Waals surface area contributed by atoms with Gasteiger partial charge in [0.15, 0.2) is 0 Å². The number of hydrogen-bond acceptors (Lipinski definition) is 5. The molecule has 1 fully saturated rings. The standard InChI is InChI=1S/C20H25N7O/c1-25-8-6-16(7-9-25)27(3)20(28)24-19-10-18-14(11-21-19)4-5-17(23-18)15-12-22-26(2)13-15/h4-5,10-13,16H,6-9H2,1-3H3,(H,21,24,28). The van der Waals surface area contributed by atoms with Gasteiger partial charge in [0.05, 0.1) is 17.4 Å². The minimum Gasteiger partial charge on any atom is -0.324 e. The lowest BCUT2D eigenvalue weighted by atomic mass is 10.0. The zero-order chi connectivity index (χ0) is 19.7. The molecule has 0 atom stereocenters. The molecule has 1 aliphatic rings. The van der Waals surface area contributed by atoms with Gasteiger partial charge in [0.2, 0.25) is 0 Å². The molecule has 8 heteroatoms. The second-order valence-electron chi connectivity index (χ2n) is 7.44. The quantitative estimate of drug-likeness (QED) is 0.757. The lowest BCUT2D eigenvalue weighted by Crippen LogP contribution is -2.46. The number of rotatable bonds is 3. The Morgan fingerprint density at radius 1 is 1.21 bits per heavy atom. The molecular formula is C20H25N7O. The van der Waals surface area contributed by atoms with Gasteiger partial charge in [-0.1, -0.05) is 0 Å². The van der Waals surface area contributed by atoms with Crippen molar-refractivity contribution in [3.63, 3.8) is 0 Å². The van der Waals surface area contributed by atoms with Crippen molar-refractivity contribution in [1.82, 2.24) is 29.5 Å². The molecule has 4 rings (SSSR count). The van der Waals surface area contributed by atoms with Gasteiger partial charge in [0, 0.05) is 49.5 Å². The van der Waals surface area contributed by atoms with E-state index >= 15 is 0 Å². The van der Waals surface area contributed by atoms with E-state index in [4.69, 9.17) is 4.98 Å². The average Bonchev–Trinajstić information content (AvgIpc) is 3.14. The van der Waals surface area contributed by atoms with Crippen LogP contribution in [0.5, 0.6) is 0 Å². The average molecular weight is 379 g/mol. The number of carbonyl (C=O) groups excluding carboxylic acids is 1.